The second-order valence-corrected chi connectivity index (χ2v) is 9.56. The fraction of sp³-hybridized carbons (Fsp3) is 0.562. The van der Waals surface area contributed by atoms with Crippen molar-refractivity contribution in [3.05, 3.63) is 33.3 Å². The molecule has 1 aliphatic carbocycles. The molecule has 7 heteroatoms. The van der Waals surface area contributed by atoms with Crippen molar-refractivity contribution in [1.29, 1.82) is 0 Å². The molecule has 1 amide bonds. The summed E-state index contributed by atoms with van der Waals surface area (Å²) >= 11 is 12.3. The van der Waals surface area contributed by atoms with E-state index in [2.05, 4.69) is 0 Å². The molecule has 1 saturated carbocycles. The average Bonchev–Trinajstić information content (AvgIpc) is 3.00. The lowest BCUT2D eigenvalue weighted by Crippen LogP contribution is -2.53. The van der Waals surface area contributed by atoms with Crippen LogP contribution in [0, 0.1) is 0 Å². The number of amides is 1. The Morgan fingerprint density at radius 1 is 1.22 bits per heavy atom. The molecule has 0 aromatic heterocycles. The molecule has 0 saturated heterocycles. The van der Waals surface area contributed by atoms with Crippen LogP contribution in [0.25, 0.3) is 0 Å². The Labute approximate surface area is 146 Å². The Hall–Kier alpha value is -0.780. The Bertz CT molecular complexity index is 755. The number of halogens is 2. The second kappa shape index (κ2) is 5.94. The molecule has 23 heavy (non-hydrogen) atoms. The molecule has 1 heterocycles. The number of fused-ring (bicyclic) bond motifs is 1. The Morgan fingerprint density at radius 2 is 1.87 bits per heavy atom. The zero-order chi connectivity index (χ0) is 16.8. The number of carbonyl (C=O) groups is 1. The van der Waals surface area contributed by atoms with Gasteiger partial charge in [0.1, 0.15) is 0 Å². The van der Waals surface area contributed by atoms with Crippen molar-refractivity contribution in [2.45, 2.75) is 43.4 Å². The summed E-state index contributed by atoms with van der Waals surface area (Å²) in [5, 5.41) is 1.04. The van der Waals surface area contributed by atoms with Gasteiger partial charge in [0.2, 0.25) is 5.91 Å². The van der Waals surface area contributed by atoms with E-state index in [4.69, 9.17) is 23.2 Å². The molecule has 0 bridgehead atoms. The lowest BCUT2D eigenvalue weighted by molar-refractivity contribution is -0.134. The van der Waals surface area contributed by atoms with E-state index in [9.17, 15) is 13.2 Å². The van der Waals surface area contributed by atoms with Crippen molar-refractivity contribution < 1.29 is 13.2 Å². The summed E-state index contributed by atoms with van der Waals surface area (Å²) in [6, 6.07) is 3.59. The molecular formula is C16H19Cl2NO3S. The van der Waals surface area contributed by atoms with Gasteiger partial charge in [0.15, 0.2) is 14.6 Å². The van der Waals surface area contributed by atoms with E-state index >= 15 is 0 Å². The minimum Gasteiger partial charge on any atom is -0.337 e. The summed E-state index contributed by atoms with van der Waals surface area (Å²) in [5.74, 6) is -0.255. The average molecular weight is 376 g/mol. The topological polar surface area (TPSA) is 54.5 Å². The first-order valence-corrected chi connectivity index (χ1v) is 10.4. The van der Waals surface area contributed by atoms with E-state index < -0.39 is 14.6 Å². The molecular weight excluding hydrogens is 357 g/mol. The zero-order valence-corrected chi connectivity index (χ0v) is 15.3. The van der Waals surface area contributed by atoms with Crippen LogP contribution >= 0.6 is 23.2 Å². The number of nitrogens with zero attached hydrogens (tertiary/aromatic N) is 1. The van der Waals surface area contributed by atoms with Crippen LogP contribution in [0.2, 0.25) is 10.0 Å². The molecule has 4 nitrogen and oxygen atoms in total. The van der Waals surface area contributed by atoms with Crippen molar-refractivity contribution in [3.8, 4) is 0 Å². The number of carbonyl (C=O) groups excluding carboxylic acids is 1. The second-order valence-electron chi connectivity index (χ2n) is 6.45. The summed E-state index contributed by atoms with van der Waals surface area (Å²) in [7, 11) is -3.44. The summed E-state index contributed by atoms with van der Waals surface area (Å²) in [6.07, 6.45) is 4.20. The Balaban J connectivity index is 1.91. The maximum absolute atomic E-state index is 13.0. The van der Waals surface area contributed by atoms with Gasteiger partial charge in [-0.15, -0.1) is 0 Å². The molecule has 1 fully saturated rings. The van der Waals surface area contributed by atoms with Gasteiger partial charge in [0.25, 0.3) is 0 Å². The van der Waals surface area contributed by atoms with Crippen LogP contribution in [0.5, 0.6) is 0 Å². The van der Waals surface area contributed by atoms with E-state index in [1.165, 1.54) is 6.26 Å². The zero-order valence-electron chi connectivity index (χ0n) is 12.9. The Kier molecular flexibility index (Phi) is 4.40. The minimum atomic E-state index is -3.44. The third-order valence-electron chi connectivity index (χ3n) is 5.08. The van der Waals surface area contributed by atoms with Crippen molar-refractivity contribution in [2.75, 3.05) is 12.8 Å². The molecule has 126 valence electrons. The quantitative estimate of drug-likeness (QED) is 0.796. The van der Waals surface area contributed by atoms with Crippen molar-refractivity contribution in [1.82, 2.24) is 4.90 Å². The molecule has 0 N–H and O–H groups in total. The van der Waals surface area contributed by atoms with E-state index in [0.717, 1.165) is 24.0 Å². The lowest BCUT2D eigenvalue weighted by Gasteiger charge is -2.36. The minimum absolute atomic E-state index is 0.255. The predicted octanol–water partition coefficient (Wildman–Crippen LogP) is 3.24. The maximum atomic E-state index is 13.0. The van der Waals surface area contributed by atoms with Gasteiger partial charge in [-0.1, -0.05) is 42.1 Å². The van der Waals surface area contributed by atoms with Gasteiger partial charge in [0, 0.05) is 19.3 Å². The highest BCUT2D eigenvalue weighted by Crippen LogP contribution is 2.40. The van der Waals surface area contributed by atoms with Crippen LogP contribution in [0.15, 0.2) is 12.1 Å². The van der Waals surface area contributed by atoms with Crippen LogP contribution in [-0.4, -0.2) is 36.8 Å². The van der Waals surface area contributed by atoms with Crippen LogP contribution in [-0.2, 0) is 27.6 Å². The highest BCUT2D eigenvalue weighted by atomic mass is 35.5. The molecule has 0 radical (unpaired) electrons. The molecule has 0 unspecified atom stereocenters. The number of rotatable bonds is 2. The van der Waals surface area contributed by atoms with E-state index in [1.54, 1.807) is 11.0 Å². The van der Waals surface area contributed by atoms with E-state index in [-0.39, 0.29) is 5.91 Å². The van der Waals surface area contributed by atoms with Gasteiger partial charge in [0.05, 0.1) is 10.0 Å². The van der Waals surface area contributed by atoms with E-state index in [1.807, 2.05) is 6.07 Å². The van der Waals surface area contributed by atoms with Crippen molar-refractivity contribution in [3.63, 3.8) is 0 Å². The number of hydrogen-bond donors (Lipinski definition) is 0. The van der Waals surface area contributed by atoms with Crippen molar-refractivity contribution >= 4 is 38.9 Å². The van der Waals surface area contributed by atoms with Crippen LogP contribution in [0.3, 0.4) is 0 Å². The number of sulfone groups is 1. The van der Waals surface area contributed by atoms with E-state index in [0.29, 0.717) is 42.4 Å². The van der Waals surface area contributed by atoms with Crippen LogP contribution in [0.4, 0.5) is 0 Å². The fourth-order valence-corrected chi connectivity index (χ4v) is 5.67. The standard InChI is InChI=1S/C16H19Cl2NO3S/c1-23(21,22)16(7-2-3-8-16)15(20)19-9-6-12-11(10-19)4-5-13(17)14(12)18/h4-5H,2-3,6-10H2,1H3. The third-order valence-corrected chi connectivity index (χ3v) is 7.93. The van der Waals surface area contributed by atoms with Gasteiger partial charge >= 0.3 is 0 Å². The first-order valence-electron chi connectivity index (χ1n) is 7.71. The number of benzene rings is 1. The first-order chi connectivity index (χ1) is 10.8. The molecule has 0 atom stereocenters. The summed E-state index contributed by atoms with van der Waals surface area (Å²) < 4.78 is 23.4. The highest BCUT2D eigenvalue weighted by molar-refractivity contribution is 7.92. The van der Waals surface area contributed by atoms with Crippen LogP contribution < -0.4 is 0 Å². The highest BCUT2D eigenvalue weighted by Gasteiger charge is 2.52. The Morgan fingerprint density at radius 3 is 2.48 bits per heavy atom. The smallest absolute Gasteiger partial charge is 0.244 e. The molecule has 1 aliphatic heterocycles. The molecule has 1 aromatic rings. The first kappa shape index (κ1) is 17.1. The summed E-state index contributed by atoms with van der Waals surface area (Å²) in [4.78, 5) is 14.7. The predicted molar refractivity (Wildman–Crippen MR) is 91.6 cm³/mol. The van der Waals surface area contributed by atoms with Crippen LogP contribution in [0.1, 0.15) is 36.8 Å². The molecule has 0 spiro atoms. The number of hydrogen-bond acceptors (Lipinski definition) is 3. The molecule has 2 aliphatic rings. The molecule has 1 aromatic carbocycles. The maximum Gasteiger partial charge on any atom is 0.244 e. The van der Waals surface area contributed by atoms with Gasteiger partial charge in [-0.3, -0.25) is 4.79 Å². The van der Waals surface area contributed by atoms with Gasteiger partial charge < -0.3 is 4.90 Å². The van der Waals surface area contributed by atoms with Gasteiger partial charge in [-0.05, 0) is 36.5 Å². The summed E-state index contributed by atoms with van der Waals surface area (Å²) in [6.45, 7) is 0.867. The molecule has 3 rings (SSSR count). The third kappa shape index (κ3) is 2.77. The SMILES string of the molecule is CS(=O)(=O)C1(C(=O)N2CCc3c(ccc(Cl)c3Cl)C2)CCCC1. The summed E-state index contributed by atoms with van der Waals surface area (Å²) in [5.41, 5.74) is 1.91. The lowest BCUT2D eigenvalue weighted by atomic mass is 9.97. The van der Waals surface area contributed by atoms with Gasteiger partial charge in [-0.2, -0.15) is 0 Å². The van der Waals surface area contributed by atoms with Crippen molar-refractivity contribution in [2.24, 2.45) is 0 Å². The van der Waals surface area contributed by atoms with Gasteiger partial charge in [-0.25, -0.2) is 8.42 Å². The largest absolute Gasteiger partial charge is 0.337 e. The fourth-order valence-electron chi connectivity index (χ4n) is 3.73. The monoisotopic (exact) mass is 375 g/mol. The normalized spacial score (nSPS) is 20.4.